The molecule has 0 radical (unpaired) electrons. The molecule has 90 valence electrons. The Kier molecular flexibility index (Phi) is 3.97. The fourth-order valence-corrected chi connectivity index (χ4v) is 3.26. The molecule has 1 unspecified atom stereocenters. The summed E-state index contributed by atoms with van der Waals surface area (Å²) in [5.74, 6) is -0.215. The number of benzene rings is 1. The third kappa shape index (κ3) is 3.15. The minimum Gasteiger partial charge on any atom is -0.324 e. The van der Waals surface area contributed by atoms with Gasteiger partial charge in [0.15, 0.2) is 0 Å². The molecule has 17 heavy (non-hydrogen) atoms. The summed E-state index contributed by atoms with van der Waals surface area (Å²) in [7, 11) is 0. The molecule has 2 aromatic rings. The number of nitrogens with two attached hydrogens (primary N) is 1. The van der Waals surface area contributed by atoms with E-state index in [2.05, 4.69) is 15.9 Å². The first kappa shape index (κ1) is 12.7. The van der Waals surface area contributed by atoms with E-state index >= 15 is 0 Å². The van der Waals surface area contributed by atoms with Gasteiger partial charge in [-0.25, -0.2) is 4.39 Å². The second-order valence-corrected chi connectivity index (χ2v) is 6.59. The van der Waals surface area contributed by atoms with E-state index in [1.165, 1.54) is 6.07 Å². The largest absolute Gasteiger partial charge is 0.324 e. The van der Waals surface area contributed by atoms with Crippen molar-refractivity contribution in [2.24, 2.45) is 5.73 Å². The summed E-state index contributed by atoms with van der Waals surface area (Å²) in [5.41, 5.74) is 7.54. The van der Waals surface area contributed by atoms with Crippen molar-refractivity contribution in [3.63, 3.8) is 0 Å². The molecule has 0 saturated heterocycles. The van der Waals surface area contributed by atoms with Crippen LogP contribution in [0.1, 0.15) is 22.0 Å². The van der Waals surface area contributed by atoms with Crippen LogP contribution in [-0.4, -0.2) is 0 Å². The third-order valence-corrected chi connectivity index (χ3v) is 4.25. The van der Waals surface area contributed by atoms with E-state index in [4.69, 9.17) is 5.73 Å². The molecule has 0 saturated carbocycles. The maximum absolute atomic E-state index is 13.7. The smallest absolute Gasteiger partial charge is 0.128 e. The van der Waals surface area contributed by atoms with Crippen molar-refractivity contribution >= 4 is 27.3 Å². The van der Waals surface area contributed by atoms with Crippen LogP contribution in [0.15, 0.2) is 34.1 Å². The van der Waals surface area contributed by atoms with Crippen LogP contribution in [-0.2, 0) is 6.42 Å². The minimum absolute atomic E-state index is 0.215. The van der Waals surface area contributed by atoms with Crippen LogP contribution in [0.4, 0.5) is 4.39 Å². The highest BCUT2D eigenvalue weighted by Gasteiger charge is 2.13. The van der Waals surface area contributed by atoms with E-state index in [9.17, 15) is 4.39 Å². The number of hydrogen-bond donors (Lipinski definition) is 1. The Morgan fingerprint density at radius 2 is 2.12 bits per heavy atom. The second-order valence-electron chi connectivity index (χ2n) is 4.04. The fourth-order valence-electron chi connectivity index (χ4n) is 1.72. The molecule has 1 aromatic carbocycles. The predicted molar refractivity (Wildman–Crippen MR) is 73.8 cm³/mol. The van der Waals surface area contributed by atoms with Gasteiger partial charge in [-0.05, 0) is 46.6 Å². The van der Waals surface area contributed by atoms with Gasteiger partial charge in [-0.15, -0.1) is 11.3 Å². The Hall–Kier alpha value is -0.710. The normalized spacial score (nSPS) is 12.7. The predicted octanol–water partition coefficient (Wildman–Crippen LogP) is 4.20. The van der Waals surface area contributed by atoms with Crippen molar-refractivity contribution in [2.75, 3.05) is 0 Å². The molecular weight excluding hydrogens is 301 g/mol. The first-order chi connectivity index (χ1) is 8.06. The summed E-state index contributed by atoms with van der Waals surface area (Å²) in [5, 5.41) is 0. The molecule has 0 aliphatic heterocycles. The molecule has 0 fully saturated rings. The molecule has 1 atom stereocenters. The molecule has 0 bridgehead atoms. The van der Waals surface area contributed by atoms with E-state index in [-0.39, 0.29) is 11.9 Å². The van der Waals surface area contributed by atoms with Gasteiger partial charge in [0.25, 0.3) is 0 Å². The number of rotatable bonds is 3. The standard InChI is InChI=1S/C13H13BrFNS/c1-8-2-4-10(11(15)6-8)12(16)7-9-3-5-13(14)17-9/h2-6,12H,7,16H2,1H3. The molecule has 0 amide bonds. The average Bonchev–Trinajstić information content (AvgIpc) is 2.63. The van der Waals surface area contributed by atoms with Crippen molar-refractivity contribution in [1.82, 2.24) is 0 Å². The van der Waals surface area contributed by atoms with Gasteiger partial charge in [0.05, 0.1) is 3.79 Å². The van der Waals surface area contributed by atoms with E-state index in [1.807, 2.05) is 25.1 Å². The summed E-state index contributed by atoms with van der Waals surface area (Å²) in [4.78, 5) is 1.16. The summed E-state index contributed by atoms with van der Waals surface area (Å²) >= 11 is 5.04. The molecule has 0 spiro atoms. The zero-order valence-corrected chi connectivity index (χ0v) is 11.8. The fraction of sp³-hybridized carbons (Fsp3) is 0.231. The van der Waals surface area contributed by atoms with Crippen molar-refractivity contribution < 1.29 is 4.39 Å². The number of thiophene rings is 1. The summed E-state index contributed by atoms with van der Waals surface area (Å²) in [6.45, 7) is 1.87. The lowest BCUT2D eigenvalue weighted by atomic mass is 10.0. The SMILES string of the molecule is Cc1ccc(C(N)Cc2ccc(Br)s2)c(F)c1. The number of aryl methyl sites for hydroxylation is 1. The summed E-state index contributed by atoms with van der Waals surface area (Å²) in [6.07, 6.45) is 0.663. The minimum atomic E-state index is -0.291. The quantitative estimate of drug-likeness (QED) is 0.903. The molecule has 0 aliphatic rings. The Bertz CT molecular complexity index is 524. The van der Waals surface area contributed by atoms with Crippen molar-refractivity contribution in [3.05, 3.63) is 55.9 Å². The molecule has 0 aliphatic carbocycles. The third-order valence-electron chi connectivity index (χ3n) is 2.61. The summed E-state index contributed by atoms with van der Waals surface area (Å²) < 4.78 is 14.8. The van der Waals surface area contributed by atoms with Gasteiger partial charge >= 0.3 is 0 Å². The Morgan fingerprint density at radius 1 is 1.35 bits per heavy atom. The van der Waals surface area contributed by atoms with Crippen LogP contribution in [0, 0.1) is 12.7 Å². The van der Waals surface area contributed by atoms with E-state index in [0.717, 1.165) is 14.2 Å². The second kappa shape index (κ2) is 5.29. The van der Waals surface area contributed by atoms with E-state index < -0.39 is 0 Å². The van der Waals surface area contributed by atoms with Crippen LogP contribution >= 0.6 is 27.3 Å². The van der Waals surface area contributed by atoms with Gasteiger partial charge in [0, 0.05) is 22.9 Å². The van der Waals surface area contributed by atoms with Crippen molar-refractivity contribution in [3.8, 4) is 0 Å². The maximum Gasteiger partial charge on any atom is 0.128 e. The van der Waals surface area contributed by atoms with Crippen LogP contribution < -0.4 is 5.73 Å². The molecular formula is C13H13BrFNS. The monoisotopic (exact) mass is 313 g/mol. The van der Waals surface area contributed by atoms with Gasteiger partial charge in [-0.3, -0.25) is 0 Å². The van der Waals surface area contributed by atoms with Gasteiger partial charge in [-0.2, -0.15) is 0 Å². The Balaban J connectivity index is 2.17. The van der Waals surface area contributed by atoms with E-state index in [1.54, 1.807) is 17.4 Å². The summed E-state index contributed by atoms with van der Waals surface area (Å²) in [6, 6.07) is 8.90. The van der Waals surface area contributed by atoms with E-state index in [0.29, 0.717) is 12.0 Å². The zero-order valence-electron chi connectivity index (χ0n) is 9.41. The van der Waals surface area contributed by atoms with Crippen molar-refractivity contribution in [2.45, 2.75) is 19.4 Å². The highest BCUT2D eigenvalue weighted by Crippen LogP contribution is 2.27. The number of hydrogen-bond acceptors (Lipinski definition) is 2. The topological polar surface area (TPSA) is 26.0 Å². The molecule has 1 nitrogen and oxygen atoms in total. The molecule has 1 heterocycles. The van der Waals surface area contributed by atoms with Gasteiger partial charge in [0.1, 0.15) is 5.82 Å². The Morgan fingerprint density at radius 3 is 2.71 bits per heavy atom. The molecule has 4 heteroatoms. The van der Waals surface area contributed by atoms with Crippen LogP contribution in [0.5, 0.6) is 0 Å². The first-order valence-electron chi connectivity index (χ1n) is 5.32. The van der Waals surface area contributed by atoms with Crippen LogP contribution in [0.25, 0.3) is 0 Å². The highest BCUT2D eigenvalue weighted by molar-refractivity contribution is 9.11. The lowest BCUT2D eigenvalue weighted by molar-refractivity contribution is 0.580. The lowest BCUT2D eigenvalue weighted by Crippen LogP contribution is -2.14. The molecule has 1 aromatic heterocycles. The highest BCUT2D eigenvalue weighted by atomic mass is 79.9. The zero-order chi connectivity index (χ0) is 12.4. The molecule has 2 N–H and O–H groups in total. The lowest BCUT2D eigenvalue weighted by Gasteiger charge is -2.12. The average molecular weight is 314 g/mol. The van der Waals surface area contributed by atoms with Gasteiger partial charge in [0.2, 0.25) is 0 Å². The van der Waals surface area contributed by atoms with Gasteiger partial charge in [-0.1, -0.05) is 12.1 Å². The van der Waals surface area contributed by atoms with Crippen LogP contribution in [0.3, 0.4) is 0 Å². The van der Waals surface area contributed by atoms with Gasteiger partial charge < -0.3 is 5.73 Å². The Labute approximate surface area is 113 Å². The maximum atomic E-state index is 13.7. The number of halogens is 2. The molecule has 2 rings (SSSR count). The van der Waals surface area contributed by atoms with Crippen LogP contribution in [0.2, 0.25) is 0 Å². The van der Waals surface area contributed by atoms with Crippen molar-refractivity contribution in [1.29, 1.82) is 0 Å². The first-order valence-corrected chi connectivity index (χ1v) is 6.93.